The summed E-state index contributed by atoms with van der Waals surface area (Å²) in [5.74, 6) is 0. The number of hydrogen-bond acceptors (Lipinski definition) is 5. The van der Waals surface area contributed by atoms with Gasteiger partial charge in [-0.05, 0) is 65.2 Å². The summed E-state index contributed by atoms with van der Waals surface area (Å²) in [5, 5.41) is 5.56. The van der Waals surface area contributed by atoms with Crippen molar-refractivity contribution < 1.29 is 9.53 Å². The van der Waals surface area contributed by atoms with Gasteiger partial charge in [0.15, 0.2) is 0 Å². The minimum atomic E-state index is -0.466. The zero-order valence-electron chi connectivity index (χ0n) is 18.5. The van der Waals surface area contributed by atoms with Gasteiger partial charge in [-0.15, -0.1) is 0 Å². The molecule has 0 unspecified atom stereocenters. The normalized spacial score (nSPS) is 18.3. The number of rotatable bonds is 4. The van der Waals surface area contributed by atoms with Gasteiger partial charge in [0.1, 0.15) is 5.60 Å². The third-order valence-electron chi connectivity index (χ3n) is 5.59. The van der Waals surface area contributed by atoms with E-state index in [2.05, 4.69) is 40.9 Å². The van der Waals surface area contributed by atoms with Crippen molar-refractivity contribution in [3.63, 3.8) is 0 Å². The molecule has 1 amide bonds. The molecule has 2 heterocycles. The Bertz CT molecular complexity index is 720. The number of amides is 1. The number of nitrogens with zero attached hydrogens (tertiary/aromatic N) is 4. The van der Waals surface area contributed by atoms with E-state index in [9.17, 15) is 4.79 Å². The molecule has 6 nitrogen and oxygen atoms in total. The minimum Gasteiger partial charge on any atom is -0.444 e. The second kappa shape index (κ2) is 9.00. The predicted octanol–water partition coefficient (Wildman–Crippen LogP) is 4.54. The minimum absolute atomic E-state index is 0.230. The first-order chi connectivity index (χ1) is 13.7. The molecule has 7 heteroatoms. The third kappa shape index (κ3) is 5.28. The Labute approximate surface area is 180 Å². The van der Waals surface area contributed by atoms with Gasteiger partial charge in [-0.1, -0.05) is 11.6 Å². The number of carbonyl (C=O) groups is 1. The van der Waals surface area contributed by atoms with Gasteiger partial charge in [0.2, 0.25) is 0 Å². The SMILES string of the molecule is CCN(c1cc(Cl)cc(N2CCN(C(=O)OC(C)(C)C)CC2)c1C)N1CCCC1. The third-order valence-corrected chi connectivity index (χ3v) is 5.81. The van der Waals surface area contributed by atoms with E-state index in [1.54, 1.807) is 4.90 Å². The van der Waals surface area contributed by atoms with Crippen molar-refractivity contribution >= 4 is 29.1 Å². The molecule has 2 aliphatic heterocycles. The molecule has 0 N–H and O–H groups in total. The number of piperazine rings is 1. The van der Waals surface area contributed by atoms with E-state index in [-0.39, 0.29) is 6.09 Å². The fourth-order valence-corrected chi connectivity index (χ4v) is 4.37. The molecule has 0 saturated carbocycles. The number of hydrazine groups is 1. The monoisotopic (exact) mass is 422 g/mol. The van der Waals surface area contributed by atoms with Crippen LogP contribution in [0.1, 0.15) is 46.1 Å². The Hall–Kier alpha value is -1.66. The number of ether oxygens (including phenoxy) is 1. The molecule has 1 aromatic rings. The van der Waals surface area contributed by atoms with Crippen LogP contribution in [-0.2, 0) is 4.74 Å². The van der Waals surface area contributed by atoms with Crippen molar-refractivity contribution in [2.45, 2.75) is 53.1 Å². The molecular formula is C22H35ClN4O2. The van der Waals surface area contributed by atoms with Crippen LogP contribution in [0.5, 0.6) is 0 Å². The zero-order valence-corrected chi connectivity index (χ0v) is 19.3. The number of benzene rings is 1. The molecule has 162 valence electrons. The summed E-state index contributed by atoms with van der Waals surface area (Å²) >= 11 is 6.54. The maximum absolute atomic E-state index is 12.4. The van der Waals surface area contributed by atoms with E-state index in [0.29, 0.717) is 13.1 Å². The Balaban J connectivity index is 1.75. The smallest absolute Gasteiger partial charge is 0.410 e. The molecule has 2 aliphatic rings. The van der Waals surface area contributed by atoms with Crippen molar-refractivity contribution in [1.82, 2.24) is 9.91 Å². The van der Waals surface area contributed by atoms with E-state index in [4.69, 9.17) is 16.3 Å². The van der Waals surface area contributed by atoms with E-state index in [1.807, 2.05) is 20.8 Å². The van der Waals surface area contributed by atoms with E-state index < -0.39 is 5.60 Å². The average Bonchev–Trinajstić information content (AvgIpc) is 3.18. The molecule has 0 bridgehead atoms. The Morgan fingerprint density at radius 2 is 1.72 bits per heavy atom. The first kappa shape index (κ1) is 22.0. The number of hydrogen-bond donors (Lipinski definition) is 0. The molecule has 0 aromatic heterocycles. The summed E-state index contributed by atoms with van der Waals surface area (Å²) in [7, 11) is 0. The van der Waals surface area contributed by atoms with Gasteiger partial charge in [0, 0.05) is 56.5 Å². The van der Waals surface area contributed by atoms with Crippen LogP contribution >= 0.6 is 11.6 Å². The van der Waals surface area contributed by atoms with Crippen LogP contribution in [0.25, 0.3) is 0 Å². The summed E-state index contributed by atoms with van der Waals surface area (Å²) in [6, 6.07) is 4.14. The largest absolute Gasteiger partial charge is 0.444 e. The lowest BCUT2D eigenvalue weighted by molar-refractivity contribution is 0.0240. The van der Waals surface area contributed by atoms with Gasteiger partial charge < -0.3 is 19.5 Å². The van der Waals surface area contributed by atoms with Crippen LogP contribution in [0.4, 0.5) is 16.2 Å². The molecule has 0 spiro atoms. The highest BCUT2D eigenvalue weighted by Gasteiger charge is 2.28. The maximum atomic E-state index is 12.4. The summed E-state index contributed by atoms with van der Waals surface area (Å²) in [6.45, 7) is 16.1. The predicted molar refractivity (Wildman–Crippen MR) is 120 cm³/mol. The van der Waals surface area contributed by atoms with Crippen LogP contribution in [0.2, 0.25) is 5.02 Å². The van der Waals surface area contributed by atoms with Crippen LogP contribution in [0.3, 0.4) is 0 Å². The summed E-state index contributed by atoms with van der Waals surface area (Å²) in [4.78, 5) is 16.5. The first-order valence-electron chi connectivity index (χ1n) is 10.7. The molecule has 0 aliphatic carbocycles. The van der Waals surface area contributed by atoms with Gasteiger partial charge in [0.05, 0.1) is 5.69 Å². The highest BCUT2D eigenvalue weighted by atomic mass is 35.5. The van der Waals surface area contributed by atoms with Crippen molar-refractivity contribution in [2.75, 3.05) is 55.7 Å². The fourth-order valence-electron chi connectivity index (χ4n) is 4.17. The lowest BCUT2D eigenvalue weighted by Gasteiger charge is -2.39. The van der Waals surface area contributed by atoms with Gasteiger partial charge in [-0.3, -0.25) is 0 Å². The molecule has 2 fully saturated rings. The highest BCUT2D eigenvalue weighted by molar-refractivity contribution is 6.31. The lowest BCUT2D eigenvalue weighted by Crippen LogP contribution is -2.50. The van der Waals surface area contributed by atoms with Gasteiger partial charge in [-0.25, -0.2) is 9.80 Å². The van der Waals surface area contributed by atoms with Crippen LogP contribution in [0, 0.1) is 6.92 Å². The van der Waals surface area contributed by atoms with E-state index in [0.717, 1.165) is 43.4 Å². The van der Waals surface area contributed by atoms with Crippen molar-refractivity contribution in [2.24, 2.45) is 0 Å². The molecule has 29 heavy (non-hydrogen) atoms. The van der Waals surface area contributed by atoms with Gasteiger partial charge >= 0.3 is 6.09 Å². The molecule has 0 radical (unpaired) electrons. The summed E-state index contributed by atoms with van der Waals surface area (Å²) in [6.07, 6.45) is 2.26. The second-order valence-electron chi connectivity index (χ2n) is 8.90. The lowest BCUT2D eigenvalue weighted by atomic mass is 10.1. The Morgan fingerprint density at radius 3 is 2.28 bits per heavy atom. The number of halogens is 1. The molecular weight excluding hydrogens is 388 g/mol. The van der Waals surface area contributed by atoms with Crippen LogP contribution in [-0.4, -0.2) is 67.4 Å². The maximum Gasteiger partial charge on any atom is 0.410 e. The van der Waals surface area contributed by atoms with Crippen molar-refractivity contribution in [1.29, 1.82) is 0 Å². The first-order valence-corrected chi connectivity index (χ1v) is 11.1. The zero-order chi connectivity index (χ0) is 21.2. The summed E-state index contributed by atoms with van der Waals surface area (Å²) in [5.41, 5.74) is 3.13. The van der Waals surface area contributed by atoms with Crippen molar-refractivity contribution in [3.8, 4) is 0 Å². The van der Waals surface area contributed by atoms with Crippen molar-refractivity contribution in [3.05, 3.63) is 22.7 Å². The number of anilines is 2. The molecule has 1 aromatic carbocycles. The standard InChI is InChI=1S/C22H35ClN4O2/c1-6-27(26-9-7-8-10-26)20-16-18(23)15-19(17(20)2)24-11-13-25(14-12-24)21(28)29-22(3,4)5/h15-16H,6-14H2,1-5H3. The highest BCUT2D eigenvalue weighted by Crippen LogP contribution is 2.35. The Kier molecular flexibility index (Phi) is 6.84. The summed E-state index contributed by atoms with van der Waals surface area (Å²) < 4.78 is 5.52. The second-order valence-corrected chi connectivity index (χ2v) is 9.34. The quantitative estimate of drug-likeness (QED) is 0.712. The van der Waals surface area contributed by atoms with E-state index in [1.165, 1.54) is 24.1 Å². The molecule has 3 rings (SSSR count). The average molecular weight is 423 g/mol. The van der Waals surface area contributed by atoms with E-state index >= 15 is 0 Å². The van der Waals surface area contributed by atoms with Crippen LogP contribution in [0.15, 0.2) is 12.1 Å². The Morgan fingerprint density at radius 1 is 1.10 bits per heavy atom. The van der Waals surface area contributed by atoms with Crippen LogP contribution < -0.4 is 9.91 Å². The topological polar surface area (TPSA) is 39.3 Å². The number of carbonyl (C=O) groups excluding carboxylic acids is 1. The fraction of sp³-hybridized carbons (Fsp3) is 0.682. The molecule has 2 saturated heterocycles. The van der Waals surface area contributed by atoms with Gasteiger partial charge in [-0.2, -0.15) is 0 Å². The molecule has 0 atom stereocenters. The van der Waals surface area contributed by atoms with Gasteiger partial charge in [0.25, 0.3) is 0 Å².